The highest BCUT2D eigenvalue weighted by Gasteiger charge is 2.56. The van der Waals surface area contributed by atoms with Crippen molar-refractivity contribution < 1.29 is 19.0 Å². The first kappa shape index (κ1) is 26.7. The molecule has 7 heteroatoms. The molecule has 204 valence electrons. The largest absolute Gasteiger partial charge is 0.390 e. The summed E-state index contributed by atoms with van der Waals surface area (Å²) >= 11 is 0. The minimum atomic E-state index is -0.590. The third-order valence-electron chi connectivity index (χ3n) is 10.3. The van der Waals surface area contributed by atoms with E-state index in [4.69, 9.17) is 4.74 Å². The summed E-state index contributed by atoms with van der Waals surface area (Å²) in [6.45, 7) is 5.26. The van der Waals surface area contributed by atoms with E-state index in [1.807, 2.05) is 6.92 Å². The van der Waals surface area contributed by atoms with Crippen molar-refractivity contribution in [2.24, 2.45) is 35.0 Å². The Bertz CT molecular complexity index is 1100. The van der Waals surface area contributed by atoms with Gasteiger partial charge in [0.2, 0.25) is 0 Å². The Labute approximate surface area is 220 Å². The average Bonchev–Trinajstić information content (AvgIpc) is 3.43. The molecule has 3 saturated carbocycles. The number of nitrogens with zero attached hydrogens (tertiary/aromatic N) is 3. The quantitative estimate of drug-likeness (QED) is 0.397. The van der Waals surface area contributed by atoms with Crippen LogP contribution in [0.2, 0.25) is 0 Å². The predicted molar refractivity (Wildman–Crippen MR) is 141 cm³/mol. The van der Waals surface area contributed by atoms with Crippen LogP contribution in [0.3, 0.4) is 0 Å². The Morgan fingerprint density at radius 1 is 1.22 bits per heavy atom. The lowest BCUT2D eigenvalue weighted by atomic mass is 9.53. The van der Waals surface area contributed by atoms with E-state index in [2.05, 4.69) is 17.1 Å². The summed E-state index contributed by atoms with van der Waals surface area (Å²) in [5.74, 6) is 2.44. The van der Waals surface area contributed by atoms with Gasteiger partial charge in [-0.15, -0.1) is 5.10 Å². The fourth-order valence-corrected chi connectivity index (χ4v) is 8.53. The fraction of sp³-hybridized carbons (Fsp3) is 0.767. The minimum absolute atomic E-state index is 0.0305. The van der Waals surface area contributed by atoms with E-state index in [1.54, 1.807) is 19.2 Å². The molecular formula is C30H44FN3O3. The van der Waals surface area contributed by atoms with Crippen molar-refractivity contribution in [1.29, 1.82) is 0 Å². The summed E-state index contributed by atoms with van der Waals surface area (Å²) in [6, 6.07) is 4.74. The van der Waals surface area contributed by atoms with E-state index in [0.29, 0.717) is 23.3 Å². The highest BCUT2D eigenvalue weighted by atomic mass is 19.1. The number of rotatable bonds is 10. The van der Waals surface area contributed by atoms with E-state index >= 15 is 0 Å². The molecule has 0 saturated heterocycles. The predicted octanol–water partition coefficient (Wildman–Crippen LogP) is 5.96. The van der Waals surface area contributed by atoms with Crippen LogP contribution in [0, 0.1) is 40.8 Å². The zero-order valence-electron chi connectivity index (χ0n) is 22.8. The van der Waals surface area contributed by atoms with Gasteiger partial charge >= 0.3 is 0 Å². The second-order valence-corrected chi connectivity index (χ2v) is 12.8. The second kappa shape index (κ2) is 10.7. The van der Waals surface area contributed by atoms with E-state index in [-0.39, 0.29) is 29.2 Å². The number of benzene rings is 1. The Hall–Kier alpha value is -1.86. The Morgan fingerprint density at radius 3 is 2.84 bits per heavy atom. The number of ether oxygens (including phenoxy) is 1. The van der Waals surface area contributed by atoms with Crippen LogP contribution < -0.4 is 0 Å². The standard InChI is InChI=1S/C30H44FN3O3/c1-29(36,14-4-5-16-37-3)18-20-9-10-22-21(17-20)13-15-30(2)23(22)11-12-24(30)27(35)19-34-32-26-8-6-7-25(31)28(26)33-34/h6-8,20-24,36H,4-5,9-19H2,1-3H3/t20-,21+,22+,23-,24+,29?,30-/m0/s1. The van der Waals surface area contributed by atoms with Crippen LogP contribution in [-0.2, 0) is 16.1 Å². The van der Waals surface area contributed by atoms with E-state index < -0.39 is 11.4 Å². The number of Topliss-reactive ketones (excluding diaryl/α,β-unsaturated/α-hetero) is 1. The number of aromatic nitrogens is 3. The van der Waals surface area contributed by atoms with Crippen molar-refractivity contribution in [3.8, 4) is 0 Å². The topological polar surface area (TPSA) is 77.2 Å². The number of carbonyl (C=O) groups is 1. The number of methoxy groups -OCH3 is 1. The first-order valence-electron chi connectivity index (χ1n) is 14.4. The van der Waals surface area contributed by atoms with E-state index in [1.165, 1.54) is 36.5 Å². The number of aliphatic hydroxyl groups is 1. The van der Waals surface area contributed by atoms with Crippen LogP contribution in [0.25, 0.3) is 11.0 Å². The van der Waals surface area contributed by atoms with Gasteiger partial charge in [0, 0.05) is 19.6 Å². The van der Waals surface area contributed by atoms with Crippen molar-refractivity contribution in [3.05, 3.63) is 24.0 Å². The first-order chi connectivity index (χ1) is 17.7. The maximum Gasteiger partial charge on any atom is 0.159 e. The molecule has 1 unspecified atom stereocenters. The maximum absolute atomic E-state index is 14.1. The van der Waals surface area contributed by atoms with Crippen molar-refractivity contribution in [2.45, 2.75) is 96.6 Å². The Balaban J connectivity index is 1.19. The number of carbonyl (C=O) groups excluding carboxylic acids is 1. The third-order valence-corrected chi connectivity index (χ3v) is 10.3. The molecule has 1 aromatic heterocycles. The summed E-state index contributed by atoms with van der Waals surface area (Å²) in [4.78, 5) is 14.9. The molecule has 37 heavy (non-hydrogen) atoms. The van der Waals surface area contributed by atoms with Crippen molar-refractivity contribution in [1.82, 2.24) is 15.0 Å². The van der Waals surface area contributed by atoms with Gasteiger partial charge in [0.1, 0.15) is 17.6 Å². The first-order valence-corrected chi connectivity index (χ1v) is 14.4. The van der Waals surface area contributed by atoms with Gasteiger partial charge in [0.15, 0.2) is 11.6 Å². The van der Waals surface area contributed by atoms with Gasteiger partial charge < -0.3 is 9.84 Å². The number of halogens is 1. The molecular weight excluding hydrogens is 469 g/mol. The van der Waals surface area contributed by atoms with Crippen LogP contribution in [0.5, 0.6) is 0 Å². The van der Waals surface area contributed by atoms with Gasteiger partial charge in [0.25, 0.3) is 0 Å². The fourth-order valence-electron chi connectivity index (χ4n) is 8.53. The Kier molecular flexibility index (Phi) is 7.75. The summed E-state index contributed by atoms with van der Waals surface area (Å²) in [5, 5.41) is 19.6. The van der Waals surface area contributed by atoms with Gasteiger partial charge in [-0.05, 0) is 112 Å². The van der Waals surface area contributed by atoms with Crippen molar-refractivity contribution >= 4 is 16.8 Å². The lowest BCUT2D eigenvalue weighted by Crippen LogP contribution is -2.46. The van der Waals surface area contributed by atoms with Crippen molar-refractivity contribution in [3.63, 3.8) is 0 Å². The smallest absolute Gasteiger partial charge is 0.159 e. The molecule has 5 rings (SSSR count). The lowest BCUT2D eigenvalue weighted by Gasteiger charge is -2.52. The van der Waals surface area contributed by atoms with E-state index in [9.17, 15) is 14.3 Å². The normalized spacial score (nSPS) is 33.2. The molecule has 0 radical (unpaired) electrons. The van der Waals surface area contributed by atoms with Gasteiger partial charge in [-0.1, -0.05) is 19.4 Å². The summed E-state index contributed by atoms with van der Waals surface area (Å²) < 4.78 is 19.2. The highest BCUT2D eigenvalue weighted by Crippen LogP contribution is 2.62. The molecule has 0 spiro atoms. The summed E-state index contributed by atoms with van der Waals surface area (Å²) in [5.41, 5.74) is 0.176. The molecule has 1 N–H and O–H groups in total. The van der Waals surface area contributed by atoms with Crippen LogP contribution in [0.4, 0.5) is 4.39 Å². The molecule has 3 fully saturated rings. The van der Waals surface area contributed by atoms with Gasteiger partial charge in [-0.2, -0.15) is 9.90 Å². The molecule has 7 atom stereocenters. The van der Waals surface area contributed by atoms with Gasteiger partial charge in [-0.25, -0.2) is 4.39 Å². The second-order valence-electron chi connectivity index (χ2n) is 12.8. The van der Waals surface area contributed by atoms with Crippen LogP contribution in [-0.4, -0.2) is 45.2 Å². The third kappa shape index (κ3) is 5.49. The maximum atomic E-state index is 14.1. The molecule has 0 amide bonds. The minimum Gasteiger partial charge on any atom is -0.390 e. The molecule has 0 bridgehead atoms. The van der Waals surface area contributed by atoms with Crippen LogP contribution in [0.1, 0.15) is 84.5 Å². The number of fused-ring (bicyclic) bond motifs is 4. The highest BCUT2D eigenvalue weighted by molar-refractivity contribution is 5.82. The summed E-state index contributed by atoms with van der Waals surface area (Å²) in [7, 11) is 1.73. The zero-order chi connectivity index (χ0) is 26.2. The molecule has 2 aromatic rings. The molecule has 1 aromatic carbocycles. The van der Waals surface area contributed by atoms with Crippen molar-refractivity contribution in [2.75, 3.05) is 13.7 Å². The molecule has 3 aliphatic carbocycles. The molecule has 6 nitrogen and oxygen atoms in total. The SMILES string of the molecule is COCCCCC(C)(O)C[C@H]1CC[C@@H]2[C@H](CC[C@]3(C)[C@@H](C(=O)Cn4nc5cccc(F)c5n4)CC[C@@H]23)C1. The molecule has 3 aliphatic rings. The number of hydrogen-bond acceptors (Lipinski definition) is 5. The van der Waals surface area contributed by atoms with E-state index in [0.717, 1.165) is 57.5 Å². The molecule has 0 aliphatic heterocycles. The number of hydrogen-bond donors (Lipinski definition) is 1. The van der Waals surface area contributed by atoms with Gasteiger partial charge in [0.05, 0.1) is 5.60 Å². The van der Waals surface area contributed by atoms with Crippen LogP contribution >= 0.6 is 0 Å². The number of ketones is 1. The van der Waals surface area contributed by atoms with Gasteiger partial charge in [-0.3, -0.25) is 4.79 Å². The summed E-state index contributed by atoms with van der Waals surface area (Å²) in [6.07, 6.45) is 11.7. The monoisotopic (exact) mass is 513 g/mol. The number of unbranched alkanes of at least 4 members (excludes halogenated alkanes) is 1. The lowest BCUT2D eigenvalue weighted by molar-refractivity contribution is -0.130. The molecule has 1 heterocycles. The zero-order valence-corrected chi connectivity index (χ0v) is 22.8. The average molecular weight is 514 g/mol. The van der Waals surface area contributed by atoms with Crippen LogP contribution in [0.15, 0.2) is 18.2 Å². The Morgan fingerprint density at radius 2 is 2.05 bits per heavy atom.